The van der Waals surface area contributed by atoms with E-state index in [-0.39, 0.29) is 17.2 Å². The Kier molecular flexibility index (Phi) is 5.43. The molecule has 6 nitrogen and oxygen atoms in total. The minimum Gasteiger partial charge on any atom is -0.494 e. The highest BCUT2D eigenvalue weighted by Gasteiger charge is 2.10. The van der Waals surface area contributed by atoms with E-state index in [1.165, 1.54) is 16.8 Å². The van der Waals surface area contributed by atoms with Gasteiger partial charge in [0, 0.05) is 11.8 Å². The molecule has 0 fully saturated rings. The van der Waals surface area contributed by atoms with Gasteiger partial charge in [0.1, 0.15) is 11.4 Å². The topological polar surface area (TPSA) is 73.2 Å². The molecule has 3 rings (SSSR count). The molecular formula is C20H19N3O3. The van der Waals surface area contributed by atoms with Crippen molar-refractivity contribution in [3.8, 4) is 5.75 Å². The van der Waals surface area contributed by atoms with Gasteiger partial charge in [0.2, 0.25) is 0 Å². The maximum atomic E-state index is 12.4. The van der Waals surface area contributed by atoms with Gasteiger partial charge in [-0.1, -0.05) is 30.3 Å². The zero-order valence-corrected chi connectivity index (χ0v) is 14.4. The molecule has 0 aliphatic carbocycles. The number of ether oxygens (including phenoxy) is 1. The van der Waals surface area contributed by atoms with Gasteiger partial charge in [-0.2, -0.15) is 5.10 Å². The molecule has 6 heteroatoms. The molecule has 0 spiro atoms. The Morgan fingerprint density at radius 3 is 2.46 bits per heavy atom. The summed E-state index contributed by atoms with van der Waals surface area (Å²) in [5, 5.41) is 6.94. The fraction of sp³-hybridized carbons (Fsp3) is 0.150. The molecule has 0 unspecified atom stereocenters. The highest BCUT2D eigenvalue weighted by atomic mass is 16.5. The molecule has 0 bridgehead atoms. The van der Waals surface area contributed by atoms with E-state index in [2.05, 4.69) is 10.4 Å². The third kappa shape index (κ3) is 4.36. The number of anilines is 1. The van der Waals surface area contributed by atoms with E-state index in [9.17, 15) is 9.59 Å². The molecule has 0 saturated carbocycles. The first-order valence-electron chi connectivity index (χ1n) is 8.32. The van der Waals surface area contributed by atoms with Crippen molar-refractivity contribution in [3.05, 3.63) is 88.3 Å². The quantitative estimate of drug-likeness (QED) is 0.743. The van der Waals surface area contributed by atoms with Crippen LogP contribution in [0.5, 0.6) is 5.75 Å². The molecule has 132 valence electrons. The summed E-state index contributed by atoms with van der Waals surface area (Å²) < 4.78 is 6.65. The van der Waals surface area contributed by atoms with Gasteiger partial charge in [-0.05, 0) is 42.8 Å². The van der Waals surface area contributed by atoms with Gasteiger partial charge in [0.15, 0.2) is 0 Å². The van der Waals surface area contributed by atoms with Crippen molar-refractivity contribution < 1.29 is 9.53 Å². The number of hydrogen-bond acceptors (Lipinski definition) is 4. The predicted molar refractivity (Wildman–Crippen MR) is 99.6 cm³/mol. The highest BCUT2D eigenvalue weighted by molar-refractivity contribution is 6.02. The van der Waals surface area contributed by atoms with Crippen LogP contribution in [0.25, 0.3) is 0 Å². The molecule has 0 atom stereocenters. The van der Waals surface area contributed by atoms with Gasteiger partial charge in [0.25, 0.3) is 11.5 Å². The molecule has 1 aromatic heterocycles. The minimum atomic E-state index is -0.379. The summed E-state index contributed by atoms with van der Waals surface area (Å²) in [6.07, 6.45) is 0. The smallest absolute Gasteiger partial charge is 0.276 e. The van der Waals surface area contributed by atoms with E-state index in [1.54, 1.807) is 24.3 Å². The number of rotatable bonds is 6. The number of amides is 1. The number of hydrogen-bond donors (Lipinski definition) is 1. The molecular weight excluding hydrogens is 330 g/mol. The average molecular weight is 349 g/mol. The van der Waals surface area contributed by atoms with Gasteiger partial charge in [-0.15, -0.1) is 0 Å². The van der Waals surface area contributed by atoms with Crippen molar-refractivity contribution in [2.45, 2.75) is 13.5 Å². The van der Waals surface area contributed by atoms with Crippen LogP contribution in [-0.2, 0) is 6.54 Å². The highest BCUT2D eigenvalue weighted by Crippen LogP contribution is 2.16. The molecule has 1 amide bonds. The van der Waals surface area contributed by atoms with E-state index in [4.69, 9.17) is 4.74 Å². The van der Waals surface area contributed by atoms with Crippen LogP contribution in [0.3, 0.4) is 0 Å². The SMILES string of the molecule is CCOc1ccc(NC(=O)c2ccc(=O)n(Cc3ccccc3)n2)cc1. The van der Waals surface area contributed by atoms with E-state index < -0.39 is 0 Å². The van der Waals surface area contributed by atoms with Crippen molar-refractivity contribution in [3.63, 3.8) is 0 Å². The Morgan fingerprint density at radius 2 is 1.77 bits per heavy atom. The molecule has 2 aromatic carbocycles. The molecule has 1 heterocycles. The van der Waals surface area contributed by atoms with Crippen LogP contribution in [0.4, 0.5) is 5.69 Å². The fourth-order valence-corrected chi connectivity index (χ4v) is 2.44. The lowest BCUT2D eigenvalue weighted by atomic mass is 10.2. The van der Waals surface area contributed by atoms with Gasteiger partial charge < -0.3 is 10.1 Å². The van der Waals surface area contributed by atoms with E-state index in [0.29, 0.717) is 18.8 Å². The molecule has 0 aliphatic rings. The second-order valence-corrected chi connectivity index (χ2v) is 5.61. The van der Waals surface area contributed by atoms with Crippen molar-refractivity contribution in [2.75, 3.05) is 11.9 Å². The third-order valence-corrected chi connectivity index (χ3v) is 3.70. The number of nitrogens with one attached hydrogen (secondary N) is 1. The molecule has 0 saturated heterocycles. The molecule has 3 aromatic rings. The summed E-state index contributed by atoms with van der Waals surface area (Å²) in [6, 6.07) is 19.3. The number of nitrogens with zero attached hydrogens (tertiary/aromatic N) is 2. The van der Waals surface area contributed by atoms with Crippen LogP contribution in [0, 0.1) is 0 Å². The van der Waals surface area contributed by atoms with Crippen LogP contribution < -0.4 is 15.6 Å². The average Bonchev–Trinajstić information content (AvgIpc) is 2.66. The summed E-state index contributed by atoms with van der Waals surface area (Å²) in [5.41, 5.74) is 1.48. The second-order valence-electron chi connectivity index (χ2n) is 5.61. The largest absolute Gasteiger partial charge is 0.494 e. The molecule has 1 N–H and O–H groups in total. The van der Waals surface area contributed by atoms with Crippen molar-refractivity contribution in [1.82, 2.24) is 9.78 Å². The van der Waals surface area contributed by atoms with Crippen molar-refractivity contribution in [2.24, 2.45) is 0 Å². The molecule has 0 radical (unpaired) electrons. The zero-order chi connectivity index (χ0) is 18.4. The monoisotopic (exact) mass is 349 g/mol. The lowest BCUT2D eigenvalue weighted by molar-refractivity contribution is 0.102. The van der Waals surface area contributed by atoms with E-state index in [1.807, 2.05) is 37.3 Å². The lowest BCUT2D eigenvalue weighted by Crippen LogP contribution is -2.26. The van der Waals surface area contributed by atoms with Crippen LogP contribution in [-0.4, -0.2) is 22.3 Å². The molecule has 0 aliphatic heterocycles. The number of carbonyl (C=O) groups excluding carboxylic acids is 1. The Balaban J connectivity index is 1.75. The fourth-order valence-electron chi connectivity index (χ4n) is 2.44. The first kappa shape index (κ1) is 17.4. The Labute approximate surface area is 151 Å². The lowest BCUT2D eigenvalue weighted by Gasteiger charge is -2.09. The van der Waals surface area contributed by atoms with E-state index >= 15 is 0 Å². The van der Waals surface area contributed by atoms with Crippen molar-refractivity contribution >= 4 is 11.6 Å². The predicted octanol–water partition coefficient (Wildman–Crippen LogP) is 2.94. The maximum Gasteiger partial charge on any atom is 0.276 e. The Hall–Kier alpha value is -3.41. The van der Waals surface area contributed by atoms with Crippen LogP contribution in [0.2, 0.25) is 0 Å². The first-order valence-corrected chi connectivity index (χ1v) is 8.32. The van der Waals surface area contributed by atoms with Crippen LogP contribution >= 0.6 is 0 Å². The third-order valence-electron chi connectivity index (χ3n) is 3.70. The summed E-state index contributed by atoms with van der Waals surface area (Å²) in [4.78, 5) is 24.4. The minimum absolute atomic E-state index is 0.175. The van der Waals surface area contributed by atoms with E-state index in [0.717, 1.165) is 11.3 Å². The first-order chi connectivity index (χ1) is 12.7. The Bertz CT molecular complexity index is 935. The second kappa shape index (κ2) is 8.11. The van der Waals surface area contributed by atoms with Gasteiger partial charge >= 0.3 is 0 Å². The summed E-state index contributed by atoms with van der Waals surface area (Å²) in [6.45, 7) is 2.80. The van der Waals surface area contributed by atoms with Gasteiger partial charge in [-0.3, -0.25) is 9.59 Å². The summed E-state index contributed by atoms with van der Waals surface area (Å²) in [5.74, 6) is 0.357. The van der Waals surface area contributed by atoms with Crippen LogP contribution in [0.15, 0.2) is 71.5 Å². The zero-order valence-electron chi connectivity index (χ0n) is 14.4. The standard InChI is InChI=1S/C20H19N3O3/c1-2-26-17-10-8-16(9-11-17)21-20(25)18-12-13-19(24)23(22-18)14-15-6-4-3-5-7-15/h3-13H,2,14H2,1H3,(H,21,25). The Morgan fingerprint density at radius 1 is 1.04 bits per heavy atom. The van der Waals surface area contributed by atoms with Crippen molar-refractivity contribution in [1.29, 1.82) is 0 Å². The maximum absolute atomic E-state index is 12.4. The summed E-state index contributed by atoms with van der Waals surface area (Å²) in [7, 11) is 0. The normalized spacial score (nSPS) is 10.3. The van der Waals surface area contributed by atoms with Crippen LogP contribution in [0.1, 0.15) is 23.0 Å². The summed E-state index contributed by atoms with van der Waals surface area (Å²) >= 11 is 0. The van der Waals surface area contributed by atoms with Gasteiger partial charge in [0.05, 0.1) is 13.2 Å². The number of carbonyl (C=O) groups is 1. The molecule has 26 heavy (non-hydrogen) atoms. The van der Waals surface area contributed by atoms with Gasteiger partial charge in [-0.25, -0.2) is 4.68 Å². The number of aromatic nitrogens is 2. The number of benzene rings is 2.